The maximum atomic E-state index is 12.9. The Bertz CT molecular complexity index is 1070. The first-order valence-electron chi connectivity index (χ1n) is 10.4. The second-order valence-electron chi connectivity index (χ2n) is 7.80. The average molecular weight is 417 g/mol. The quantitative estimate of drug-likeness (QED) is 0.583. The van der Waals surface area contributed by atoms with E-state index in [0.29, 0.717) is 34.4 Å². The van der Waals surface area contributed by atoms with Crippen LogP contribution in [0.2, 0.25) is 5.02 Å². The number of carbonyl (C=O) groups is 1. The molecule has 2 unspecified atom stereocenters. The Hall–Kier alpha value is -2.27. The van der Waals surface area contributed by atoms with E-state index >= 15 is 0 Å². The van der Waals surface area contributed by atoms with Gasteiger partial charge in [0, 0.05) is 6.42 Å². The van der Waals surface area contributed by atoms with Gasteiger partial charge in [0.15, 0.2) is 11.4 Å². The maximum Gasteiger partial charge on any atom is 0.355 e. The number of benzene rings is 1. The number of aryl methyl sites for hydroxylation is 1. The fraction of sp³-hybridized carbons (Fsp3) is 0.478. The molecule has 0 saturated carbocycles. The summed E-state index contributed by atoms with van der Waals surface area (Å²) in [7, 11) is 0. The third-order valence-electron chi connectivity index (χ3n) is 5.50. The highest BCUT2D eigenvalue weighted by atomic mass is 35.5. The van der Waals surface area contributed by atoms with Crippen molar-refractivity contribution in [2.45, 2.75) is 71.5 Å². The highest BCUT2D eigenvalue weighted by Crippen LogP contribution is 2.48. The molecular formula is C23H25ClO5. The number of hydrogen-bond acceptors (Lipinski definition) is 5. The van der Waals surface area contributed by atoms with Crippen LogP contribution >= 0.6 is 11.6 Å². The second kappa shape index (κ2) is 7.86. The summed E-state index contributed by atoms with van der Waals surface area (Å²) in [6.45, 7) is 6.01. The van der Waals surface area contributed by atoms with Gasteiger partial charge in [-0.1, -0.05) is 38.3 Å². The van der Waals surface area contributed by atoms with Crippen LogP contribution in [0.4, 0.5) is 0 Å². The number of halogens is 1. The monoisotopic (exact) mass is 416 g/mol. The summed E-state index contributed by atoms with van der Waals surface area (Å²) in [6.07, 6.45) is 8.26. The minimum absolute atomic E-state index is 0.0577. The zero-order chi connectivity index (χ0) is 20.7. The highest BCUT2D eigenvalue weighted by molar-refractivity contribution is 6.32. The van der Waals surface area contributed by atoms with Gasteiger partial charge in [-0.3, -0.25) is 4.79 Å². The van der Waals surface area contributed by atoms with E-state index in [0.717, 1.165) is 31.2 Å². The van der Waals surface area contributed by atoms with E-state index in [9.17, 15) is 9.59 Å². The average Bonchev–Trinajstić information content (AvgIpc) is 2.69. The van der Waals surface area contributed by atoms with Crippen LogP contribution in [0.3, 0.4) is 0 Å². The molecule has 29 heavy (non-hydrogen) atoms. The van der Waals surface area contributed by atoms with Crippen molar-refractivity contribution < 1.29 is 18.7 Å². The number of fused-ring (bicyclic) bond motifs is 6. The van der Waals surface area contributed by atoms with E-state index in [1.54, 1.807) is 0 Å². The molecule has 5 nitrogen and oxygen atoms in total. The molecule has 0 fully saturated rings. The first kappa shape index (κ1) is 20.0. The molecular weight excluding hydrogens is 392 g/mol. The van der Waals surface area contributed by atoms with Crippen molar-refractivity contribution in [1.82, 2.24) is 0 Å². The van der Waals surface area contributed by atoms with E-state index in [2.05, 4.69) is 6.92 Å². The predicted molar refractivity (Wildman–Crippen MR) is 114 cm³/mol. The lowest BCUT2D eigenvalue weighted by Gasteiger charge is -2.30. The summed E-state index contributed by atoms with van der Waals surface area (Å²) < 4.78 is 18.0. The molecule has 0 radical (unpaired) electrons. The van der Waals surface area contributed by atoms with E-state index < -0.39 is 5.63 Å². The maximum absolute atomic E-state index is 12.9. The van der Waals surface area contributed by atoms with E-state index in [-0.39, 0.29) is 35.0 Å². The van der Waals surface area contributed by atoms with E-state index in [1.807, 2.05) is 26.0 Å². The number of unbranched alkanes of at least 4 members (excludes halogenated alkanes) is 1. The molecule has 1 aromatic carbocycles. The van der Waals surface area contributed by atoms with Crippen molar-refractivity contribution in [3.63, 3.8) is 0 Å². The van der Waals surface area contributed by atoms with Crippen LogP contribution in [0, 0.1) is 0 Å². The number of ether oxygens (including phenoxy) is 2. The molecule has 0 aliphatic carbocycles. The van der Waals surface area contributed by atoms with Crippen molar-refractivity contribution in [3.8, 4) is 11.5 Å². The summed E-state index contributed by atoms with van der Waals surface area (Å²) in [6, 6.07) is 0. The molecule has 2 aliphatic rings. The standard InChI is InChI=1S/C23H25ClO5/c1-4-6-8-13-9-10-15-20(28-13)17-14(7-5-2)19(24)23(26)29-22(17)18-16(25)11-12(3)27-21(15)18/h9-10,12-13H,4-8,11H2,1-3H3. The molecule has 0 N–H and O–H groups in total. The summed E-state index contributed by atoms with van der Waals surface area (Å²) >= 11 is 6.36. The minimum Gasteiger partial charge on any atom is -0.489 e. The third kappa shape index (κ3) is 3.35. The van der Waals surface area contributed by atoms with Crippen molar-refractivity contribution in [2.24, 2.45) is 0 Å². The molecule has 0 spiro atoms. The lowest BCUT2D eigenvalue weighted by atomic mass is 9.91. The van der Waals surface area contributed by atoms with Gasteiger partial charge in [-0.15, -0.1) is 0 Å². The Kier molecular flexibility index (Phi) is 5.43. The molecule has 6 heteroatoms. The fourth-order valence-electron chi connectivity index (χ4n) is 4.15. The van der Waals surface area contributed by atoms with Crippen LogP contribution in [0.1, 0.15) is 74.4 Å². The van der Waals surface area contributed by atoms with E-state index in [1.165, 1.54) is 0 Å². The Morgan fingerprint density at radius 2 is 1.93 bits per heavy atom. The number of hydrogen-bond donors (Lipinski definition) is 0. The van der Waals surface area contributed by atoms with Crippen molar-refractivity contribution in [1.29, 1.82) is 0 Å². The van der Waals surface area contributed by atoms with Gasteiger partial charge in [0.2, 0.25) is 0 Å². The molecule has 2 aliphatic heterocycles. The number of Topliss-reactive ketones (excluding diaryl/α,β-unsaturated/α-hetero) is 1. The smallest absolute Gasteiger partial charge is 0.355 e. The normalized spacial score (nSPS) is 20.2. The first-order valence-corrected chi connectivity index (χ1v) is 10.7. The Morgan fingerprint density at radius 1 is 1.14 bits per heavy atom. The van der Waals surface area contributed by atoms with Gasteiger partial charge in [-0.05, 0) is 43.9 Å². The van der Waals surface area contributed by atoms with Gasteiger partial charge in [-0.2, -0.15) is 0 Å². The molecule has 1 aromatic heterocycles. The molecule has 0 saturated heterocycles. The van der Waals surface area contributed by atoms with Gasteiger partial charge < -0.3 is 13.9 Å². The summed E-state index contributed by atoms with van der Waals surface area (Å²) in [5, 5.41) is 0.685. The van der Waals surface area contributed by atoms with E-state index in [4.69, 9.17) is 25.5 Å². The van der Waals surface area contributed by atoms with Gasteiger partial charge >= 0.3 is 5.63 Å². The molecule has 154 valence electrons. The topological polar surface area (TPSA) is 65.7 Å². The van der Waals surface area contributed by atoms with Crippen molar-refractivity contribution >= 4 is 34.4 Å². The number of ketones is 1. The molecule has 2 aromatic rings. The minimum atomic E-state index is -0.634. The van der Waals surface area contributed by atoms with Gasteiger partial charge in [0.1, 0.15) is 34.3 Å². The van der Waals surface area contributed by atoms with Gasteiger partial charge in [0.25, 0.3) is 0 Å². The zero-order valence-corrected chi connectivity index (χ0v) is 17.7. The van der Waals surface area contributed by atoms with Crippen LogP contribution in [-0.4, -0.2) is 18.0 Å². The third-order valence-corrected chi connectivity index (χ3v) is 5.88. The summed E-state index contributed by atoms with van der Waals surface area (Å²) in [4.78, 5) is 25.4. The lowest BCUT2D eigenvalue weighted by molar-refractivity contribution is 0.0870. The van der Waals surface area contributed by atoms with Crippen LogP contribution in [0.15, 0.2) is 15.3 Å². The Balaban J connectivity index is 2.07. The Morgan fingerprint density at radius 3 is 2.66 bits per heavy atom. The Labute approximate surface area is 174 Å². The van der Waals surface area contributed by atoms with Crippen LogP contribution in [-0.2, 0) is 6.42 Å². The van der Waals surface area contributed by atoms with Crippen molar-refractivity contribution in [3.05, 3.63) is 38.2 Å². The molecule has 4 rings (SSSR count). The van der Waals surface area contributed by atoms with Crippen LogP contribution < -0.4 is 15.1 Å². The summed E-state index contributed by atoms with van der Waals surface area (Å²) in [5.41, 5.74) is 1.32. The van der Waals surface area contributed by atoms with Crippen LogP contribution in [0.5, 0.6) is 11.5 Å². The first-order chi connectivity index (χ1) is 14.0. The predicted octanol–water partition coefficient (Wildman–Crippen LogP) is 5.72. The van der Waals surface area contributed by atoms with Crippen molar-refractivity contribution in [2.75, 3.05) is 0 Å². The molecule has 0 amide bonds. The number of rotatable bonds is 5. The SMILES string of the molecule is CCCCC1C=Cc2c3c(c4oc(=O)c(Cl)c(CCC)c4c2O1)C(=O)CC(C)O3. The highest BCUT2D eigenvalue weighted by Gasteiger charge is 2.35. The second-order valence-corrected chi connectivity index (χ2v) is 8.17. The molecule has 0 bridgehead atoms. The number of carbonyl (C=O) groups excluding carboxylic acids is 1. The van der Waals surface area contributed by atoms with Gasteiger partial charge in [0.05, 0.1) is 10.9 Å². The fourth-order valence-corrected chi connectivity index (χ4v) is 4.37. The molecule has 3 heterocycles. The zero-order valence-electron chi connectivity index (χ0n) is 17.0. The van der Waals surface area contributed by atoms with Crippen LogP contribution in [0.25, 0.3) is 17.0 Å². The largest absolute Gasteiger partial charge is 0.489 e. The summed E-state index contributed by atoms with van der Waals surface area (Å²) in [5.74, 6) is 0.939. The molecule has 2 atom stereocenters. The lowest BCUT2D eigenvalue weighted by Crippen LogP contribution is -2.27. The van der Waals surface area contributed by atoms with Gasteiger partial charge in [-0.25, -0.2) is 4.79 Å².